The number of carbonyl (C=O) groups excluding carboxylic acids is 1. The number of amides is 1. The van der Waals surface area contributed by atoms with Crippen molar-refractivity contribution in [2.45, 2.75) is 25.9 Å². The molecule has 3 N–H and O–H groups in total. The van der Waals surface area contributed by atoms with E-state index in [1.54, 1.807) is 11.3 Å². The van der Waals surface area contributed by atoms with E-state index in [1.807, 2.05) is 18.2 Å². The largest absolute Gasteiger partial charge is 0.454 e. The molecule has 1 aliphatic rings. The topological polar surface area (TPSA) is 64.2 Å². The highest BCUT2D eigenvalue weighted by atomic mass is 32.1. The quantitative estimate of drug-likeness (QED) is 0.601. The van der Waals surface area contributed by atoms with Gasteiger partial charge >= 0.3 is 0 Å². The van der Waals surface area contributed by atoms with Crippen LogP contribution in [0.2, 0.25) is 0 Å². The van der Waals surface area contributed by atoms with Crippen molar-refractivity contribution in [2.75, 3.05) is 13.3 Å². The van der Waals surface area contributed by atoms with Gasteiger partial charge in [0.25, 0.3) is 5.91 Å². The zero-order valence-electron chi connectivity index (χ0n) is 16.4. The van der Waals surface area contributed by atoms with Crippen LogP contribution in [-0.4, -0.2) is 19.2 Å². The molecule has 0 unspecified atom stereocenters. The molecule has 5 nitrogen and oxygen atoms in total. The standard InChI is InChI=1S/C23H24N2O3S/c1-2-16-5-8-18(9-6-16)23(21-4-3-11-29-21)25-14-22(26)24-13-17-7-10-19-20(12-17)28-15-27-19/h3-12,23,25H,2,13-15H2,1H3,(H,24,26)/p+1/t23-/m1/s1. The molecular weight excluding hydrogens is 384 g/mol. The minimum absolute atomic E-state index is 0.00870. The summed E-state index contributed by atoms with van der Waals surface area (Å²) < 4.78 is 10.7. The third kappa shape index (κ3) is 4.78. The molecule has 3 aromatic rings. The van der Waals surface area contributed by atoms with Crippen LogP contribution in [0.5, 0.6) is 11.5 Å². The van der Waals surface area contributed by atoms with Crippen LogP contribution in [0.25, 0.3) is 0 Å². The lowest BCUT2D eigenvalue weighted by molar-refractivity contribution is -0.676. The predicted octanol–water partition coefficient (Wildman–Crippen LogP) is 3.01. The molecule has 1 aliphatic heterocycles. The monoisotopic (exact) mass is 409 g/mol. The molecule has 0 radical (unpaired) electrons. The van der Waals surface area contributed by atoms with Gasteiger partial charge < -0.3 is 20.1 Å². The van der Waals surface area contributed by atoms with Gasteiger partial charge in [0, 0.05) is 12.1 Å². The van der Waals surface area contributed by atoms with Gasteiger partial charge in [0.1, 0.15) is 6.04 Å². The number of hydrogen-bond donors (Lipinski definition) is 2. The van der Waals surface area contributed by atoms with E-state index in [4.69, 9.17) is 9.47 Å². The van der Waals surface area contributed by atoms with Crippen molar-refractivity contribution >= 4 is 17.2 Å². The Kier molecular flexibility index (Phi) is 6.12. The predicted molar refractivity (Wildman–Crippen MR) is 113 cm³/mol. The molecule has 0 saturated carbocycles. The van der Waals surface area contributed by atoms with Gasteiger partial charge in [0.05, 0.1) is 4.88 Å². The van der Waals surface area contributed by atoms with Crippen molar-refractivity contribution in [3.63, 3.8) is 0 Å². The highest BCUT2D eigenvalue weighted by Gasteiger charge is 2.20. The van der Waals surface area contributed by atoms with Crippen LogP contribution < -0.4 is 20.1 Å². The summed E-state index contributed by atoms with van der Waals surface area (Å²) in [5, 5.41) is 7.18. The van der Waals surface area contributed by atoms with Gasteiger partial charge in [-0.25, -0.2) is 0 Å². The summed E-state index contributed by atoms with van der Waals surface area (Å²) in [5.41, 5.74) is 3.53. The summed E-state index contributed by atoms with van der Waals surface area (Å²) in [6, 6.07) is 18.7. The van der Waals surface area contributed by atoms with E-state index in [9.17, 15) is 4.79 Å². The van der Waals surface area contributed by atoms with Gasteiger partial charge in [0.2, 0.25) is 6.79 Å². The van der Waals surface area contributed by atoms with Crippen LogP contribution in [0.4, 0.5) is 0 Å². The Balaban J connectivity index is 1.36. The minimum atomic E-state index is 0.00870. The number of benzene rings is 2. The molecule has 0 bridgehead atoms. The molecular formula is C23H25N2O3S+. The molecule has 0 aliphatic carbocycles. The smallest absolute Gasteiger partial charge is 0.275 e. The molecule has 0 spiro atoms. The first-order chi connectivity index (χ1) is 14.2. The third-order valence-electron chi connectivity index (χ3n) is 5.06. The number of nitrogens with one attached hydrogen (secondary N) is 1. The number of ether oxygens (including phenoxy) is 2. The average molecular weight is 410 g/mol. The number of carbonyl (C=O) groups is 1. The first kappa shape index (κ1) is 19.5. The van der Waals surface area contributed by atoms with E-state index < -0.39 is 0 Å². The fraction of sp³-hybridized carbons (Fsp3) is 0.261. The van der Waals surface area contributed by atoms with E-state index >= 15 is 0 Å². The fourth-order valence-corrected chi connectivity index (χ4v) is 4.24. The summed E-state index contributed by atoms with van der Waals surface area (Å²) in [6.45, 7) is 3.24. The first-order valence-corrected chi connectivity index (χ1v) is 10.7. The molecule has 1 amide bonds. The Hall–Kier alpha value is -2.83. The van der Waals surface area contributed by atoms with E-state index in [2.05, 4.69) is 59.3 Å². The molecule has 1 atom stereocenters. The summed E-state index contributed by atoms with van der Waals surface area (Å²) in [6.07, 6.45) is 1.02. The van der Waals surface area contributed by atoms with Crippen molar-refractivity contribution < 1.29 is 19.6 Å². The molecule has 0 saturated heterocycles. The second-order valence-electron chi connectivity index (χ2n) is 6.99. The van der Waals surface area contributed by atoms with Crippen molar-refractivity contribution in [3.05, 3.63) is 81.5 Å². The maximum atomic E-state index is 12.5. The fourth-order valence-electron chi connectivity index (χ4n) is 3.39. The van der Waals surface area contributed by atoms with Crippen LogP contribution in [0.15, 0.2) is 60.0 Å². The second kappa shape index (κ2) is 9.11. The Morgan fingerprint density at radius 1 is 1.10 bits per heavy atom. The number of nitrogens with two attached hydrogens (primary N) is 1. The van der Waals surface area contributed by atoms with Crippen LogP contribution in [-0.2, 0) is 17.8 Å². The SMILES string of the molecule is CCc1ccc([C@@H]([NH2+]CC(=O)NCc2ccc3c(c2)OCO3)c2cccs2)cc1. The number of quaternary nitrogens is 1. The molecule has 6 heteroatoms. The molecule has 29 heavy (non-hydrogen) atoms. The van der Waals surface area contributed by atoms with Crippen LogP contribution in [0.1, 0.15) is 34.5 Å². The normalized spacial score (nSPS) is 13.3. The van der Waals surface area contributed by atoms with Gasteiger partial charge in [0.15, 0.2) is 18.0 Å². The lowest BCUT2D eigenvalue weighted by Gasteiger charge is -2.15. The minimum Gasteiger partial charge on any atom is -0.454 e. The van der Waals surface area contributed by atoms with E-state index in [-0.39, 0.29) is 18.7 Å². The molecule has 0 fully saturated rings. The van der Waals surface area contributed by atoms with Crippen molar-refractivity contribution in [1.29, 1.82) is 0 Å². The maximum absolute atomic E-state index is 12.5. The maximum Gasteiger partial charge on any atom is 0.275 e. The van der Waals surface area contributed by atoms with Crippen LogP contribution in [0, 0.1) is 0 Å². The number of fused-ring (bicyclic) bond motifs is 1. The molecule has 1 aromatic heterocycles. The second-order valence-corrected chi connectivity index (χ2v) is 7.97. The van der Waals surface area contributed by atoms with Crippen LogP contribution in [0.3, 0.4) is 0 Å². The Morgan fingerprint density at radius 2 is 1.90 bits per heavy atom. The van der Waals surface area contributed by atoms with Gasteiger partial charge in [-0.15, -0.1) is 11.3 Å². The Bertz CT molecular complexity index is 955. The molecule has 2 heterocycles. The molecule has 150 valence electrons. The lowest BCUT2D eigenvalue weighted by Crippen LogP contribution is -2.87. The third-order valence-corrected chi connectivity index (χ3v) is 6.02. The van der Waals surface area contributed by atoms with Crippen molar-refractivity contribution in [1.82, 2.24) is 5.32 Å². The van der Waals surface area contributed by atoms with Gasteiger partial charge in [-0.2, -0.15) is 0 Å². The zero-order valence-corrected chi connectivity index (χ0v) is 17.2. The summed E-state index contributed by atoms with van der Waals surface area (Å²) in [5.74, 6) is 1.49. The number of hydrogen-bond acceptors (Lipinski definition) is 4. The van der Waals surface area contributed by atoms with Crippen molar-refractivity contribution in [3.8, 4) is 11.5 Å². The number of aryl methyl sites for hydroxylation is 1. The highest BCUT2D eigenvalue weighted by molar-refractivity contribution is 7.10. The highest BCUT2D eigenvalue weighted by Crippen LogP contribution is 2.32. The summed E-state index contributed by atoms with van der Waals surface area (Å²) >= 11 is 1.72. The summed E-state index contributed by atoms with van der Waals surface area (Å²) in [4.78, 5) is 13.7. The number of thiophene rings is 1. The van der Waals surface area contributed by atoms with E-state index in [0.29, 0.717) is 13.1 Å². The molecule has 4 rings (SSSR count). The zero-order chi connectivity index (χ0) is 20.1. The van der Waals surface area contributed by atoms with Gasteiger partial charge in [-0.1, -0.05) is 43.3 Å². The lowest BCUT2D eigenvalue weighted by atomic mass is 10.0. The van der Waals surface area contributed by atoms with E-state index in [0.717, 1.165) is 23.5 Å². The van der Waals surface area contributed by atoms with Gasteiger partial charge in [-0.05, 0) is 41.1 Å². The molecule has 2 aromatic carbocycles. The number of rotatable bonds is 8. The van der Waals surface area contributed by atoms with Crippen LogP contribution >= 0.6 is 11.3 Å². The average Bonchev–Trinajstić information content (AvgIpc) is 3.44. The Labute approximate surface area is 174 Å². The first-order valence-electron chi connectivity index (χ1n) is 9.83. The van der Waals surface area contributed by atoms with E-state index in [1.165, 1.54) is 16.0 Å². The van der Waals surface area contributed by atoms with Gasteiger partial charge in [-0.3, -0.25) is 4.79 Å². The Morgan fingerprint density at radius 3 is 2.66 bits per heavy atom. The van der Waals surface area contributed by atoms with Crippen molar-refractivity contribution in [2.24, 2.45) is 0 Å². The summed E-state index contributed by atoms with van der Waals surface area (Å²) in [7, 11) is 0.